The predicted octanol–water partition coefficient (Wildman–Crippen LogP) is 1.55. The Morgan fingerprint density at radius 3 is 2.88 bits per heavy atom. The monoisotopic (exact) mass is 245 g/mol. The number of amides is 1. The van der Waals surface area contributed by atoms with Crippen LogP contribution < -0.4 is 11.1 Å². The second-order valence-corrected chi connectivity index (χ2v) is 3.35. The van der Waals surface area contributed by atoms with E-state index in [1.54, 1.807) is 0 Å². The standard InChI is InChI=1S/C9H9ClFN3O2/c10-6-3-5(11)1-2-7(6)13-9(15)4-8(12)14-16/h1-3,16H,4H2,(H2,12,14)(H,13,15). The molecule has 0 aliphatic heterocycles. The lowest BCUT2D eigenvalue weighted by Crippen LogP contribution is -2.22. The zero-order chi connectivity index (χ0) is 12.1. The fourth-order valence-electron chi connectivity index (χ4n) is 0.985. The van der Waals surface area contributed by atoms with Crippen LogP contribution in [0.2, 0.25) is 5.02 Å². The predicted molar refractivity (Wildman–Crippen MR) is 58.1 cm³/mol. The van der Waals surface area contributed by atoms with E-state index < -0.39 is 11.7 Å². The Hall–Kier alpha value is -1.82. The van der Waals surface area contributed by atoms with Gasteiger partial charge in [-0.05, 0) is 18.2 Å². The maximum atomic E-state index is 12.7. The molecule has 1 aromatic carbocycles. The average molecular weight is 246 g/mol. The number of carbonyl (C=O) groups is 1. The van der Waals surface area contributed by atoms with E-state index in [9.17, 15) is 9.18 Å². The zero-order valence-electron chi connectivity index (χ0n) is 8.08. The molecular weight excluding hydrogens is 237 g/mol. The van der Waals surface area contributed by atoms with Gasteiger partial charge in [-0.2, -0.15) is 0 Å². The molecule has 0 aliphatic carbocycles. The number of nitrogens with zero attached hydrogens (tertiary/aromatic N) is 1. The van der Waals surface area contributed by atoms with Gasteiger partial charge >= 0.3 is 0 Å². The van der Waals surface area contributed by atoms with Gasteiger partial charge in [0.25, 0.3) is 0 Å². The Balaban J connectivity index is 2.70. The van der Waals surface area contributed by atoms with Crippen molar-refractivity contribution in [1.82, 2.24) is 0 Å². The van der Waals surface area contributed by atoms with E-state index >= 15 is 0 Å². The van der Waals surface area contributed by atoms with Gasteiger partial charge in [-0.15, -0.1) is 0 Å². The number of halogens is 2. The van der Waals surface area contributed by atoms with E-state index in [0.29, 0.717) is 0 Å². The first-order chi connectivity index (χ1) is 7.52. The highest BCUT2D eigenvalue weighted by Crippen LogP contribution is 2.22. The van der Waals surface area contributed by atoms with Crippen molar-refractivity contribution in [3.8, 4) is 0 Å². The van der Waals surface area contributed by atoms with Gasteiger partial charge in [-0.1, -0.05) is 16.8 Å². The highest BCUT2D eigenvalue weighted by atomic mass is 35.5. The van der Waals surface area contributed by atoms with Crippen molar-refractivity contribution in [3.05, 3.63) is 29.0 Å². The van der Waals surface area contributed by atoms with Crippen molar-refractivity contribution >= 4 is 29.0 Å². The van der Waals surface area contributed by atoms with Crippen LogP contribution in [0.15, 0.2) is 23.4 Å². The van der Waals surface area contributed by atoms with E-state index in [0.717, 1.165) is 12.1 Å². The molecule has 16 heavy (non-hydrogen) atoms. The first kappa shape index (κ1) is 12.3. The SMILES string of the molecule is N/C(CC(=O)Nc1ccc(F)cc1Cl)=N\O. The first-order valence-electron chi connectivity index (χ1n) is 4.24. The maximum Gasteiger partial charge on any atom is 0.232 e. The van der Waals surface area contributed by atoms with Crippen molar-refractivity contribution in [2.75, 3.05) is 5.32 Å². The Bertz CT molecular complexity index is 437. The molecule has 0 unspecified atom stereocenters. The molecule has 0 fully saturated rings. The molecule has 1 rings (SSSR count). The quantitative estimate of drug-likeness (QED) is 0.327. The summed E-state index contributed by atoms with van der Waals surface area (Å²) in [6.07, 6.45) is -0.274. The number of benzene rings is 1. The van der Waals surface area contributed by atoms with Crippen LogP contribution in [0.1, 0.15) is 6.42 Å². The number of amidine groups is 1. The molecule has 0 heterocycles. The van der Waals surface area contributed by atoms with Crippen molar-refractivity contribution in [2.45, 2.75) is 6.42 Å². The highest BCUT2D eigenvalue weighted by Gasteiger charge is 2.08. The van der Waals surface area contributed by atoms with E-state index in [-0.39, 0.29) is 23.0 Å². The van der Waals surface area contributed by atoms with E-state index in [1.165, 1.54) is 6.07 Å². The Morgan fingerprint density at radius 2 is 2.31 bits per heavy atom. The molecule has 5 nitrogen and oxygen atoms in total. The van der Waals surface area contributed by atoms with Crippen molar-refractivity contribution in [1.29, 1.82) is 0 Å². The van der Waals surface area contributed by atoms with Crippen molar-refractivity contribution in [3.63, 3.8) is 0 Å². The second kappa shape index (κ2) is 5.32. The van der Waals surface area contributed by atoms with Crippen LogP contribution in [-0.2, 0) is 4.79 Å². The van der Waals surface area contributed by atoms with Crippen LogP contribution in [-0.4, -0.2) is 17.0 Å². The molecule has 1 amide bonds. The molecule has 0 radical (unpaired) electrons. The largest absolute Gasteiger partial charge is 0.409 e. The Morgan fingerprint density at radius 1 is 1.62 bits per heavy atom. The molecule has 86 valence electrons. The summed E-state index contributed by atoms with van der Waals surface area (Å²) in [7, 11) is 0. The number of nitrogens with two attached hydrogens (primary N) is 1. The molecule has 0 bridgehead atoms. The van der Waals surface area contributed by atoms with E-state index in [4.69, 9.17) is 22.5 Å². The highest BCUT2D eigenvalue weighted by molar-refractivity contribution is 6.33. The normalized spacial score (nSPS) is 11.2. The number of oxime groups is 1. The topological polar surface area (TPSA) is 87.7 Å². The maximum absolute atomic E-state index is 12.7. The van der Waals surface area contributed by atoms with Crippen molar-refractivity contribution in [2.24, 2.45) is 10.9 Å². The van der Waals surface area contributed by atoms with Crippen LogP contribution in [0.4, 0.5) is 10.1 Å². The lowest BCUT2D eigenvalue weighted by molar-refractivity contribution is -0.115. The van der Waals surface area contributed by atoms with Gasteiger partial charge in [-0.25, -0.2) is 4.39 Å². The van der Waals surface area contributed by atoms with Gasteiger partial charge in [0.1, 0.15) is 11.7 Å². The summed E-state index contributed by atoms with van der Waals surface area (Å²) in [6.45, 7) is 0. The third-order valence-electron chi connectivity index (χ3n) is 1.68. The summed E-state index contributed by atoms with van der Waals surface area (Å²) < 4.78 is 12.7. The van der Waals surface area contributed by atoms with Gasteiger partial charge in [0, 0.05) is 0 Å². The molecule has 0 atom stereocenters. The summed E-state index contributed by atoms with van der Waals surface area (Å²) in [6, 6.07) is 3.55. The smallest absolute Gasteiger partial charge is 0.232 e. The summed E-state index contributed by atoms with van der Waals surface area (Å²) in [5, 5.41) is 13.4. The molecule has 4 N–H and O–H groups in total. The van der Waals surface area contributed by atoms with Crippen molar-refractivity contribution < 1.29 is 14.4 Å². The Kier molecular flexibility index (Phi) is 4.07. The molecule has 1 aromatic rings. The molecule has 7 heteroatoms. The number of hydrogen-bond donors (Lipinski definition) is 3. The summed E-state index contributed by atoms with van der Waals surface area (Å²) in [4.78, 5) is 11.3. The fourth-order valence-corrected chi connectivity index (χ4v) is 1.20. The fraction of sp³-hybridized carbons (Fsp3) is 0.111. The number of anilines is 1. The van der Waals surface area contributed by atoms with Gasteiger partial charge in [0.2, 0.25) is 5.91 Å². The first-order valence-corrected chi connectivity index (χ1v) is 4.62. The second-order valence-electron chi connectivity index (χ2n) is 2.94. The molecule has 0 aliphatic rings. The summed E-state index contributed by atoms with van der Waals surface area (Å²) in [5.74, 6) is -1.24. The summed E-state index contributed by atoms with van der Waals surface area (Å²) in [5.41, 5.74) is 5.40. The minimum Gasteiger partial charge on any atom is -0.409 e. The molecule has 0 saturated heterocycles. The third-order valence-corrected chi connectivity index (χ3v) is 1.99. The average Bonchev–Trinajstić information content (AvgIpc) is 2.22. The van der Waals surface area contributed by atoms with Crippen LogP contribution in [0.25, 0.3) is 0 Å². The van der Waals surface area contributed by atoms with Crippen LogP contribution in [0, 0.1) is 5.82 Å². The minimum absolute atomic E-state index is 0.0767. The summed E-state index contributed by atoms with van der Waals surface area (Å²) >= 11 is 5.68. The lowest BCUT2D eigenvalue weighted by Gasteiger charge is -2.06. The van der Waals surface area contributed by atoms with Gasteiger partial charge < -0.3 is 16.3 Å². The molecule has 0 spiro atoms. The zero-order valence-corrected chi connectivity index (χ0v) is 8.83. The van der Waals surface area contributed by atoms with Gasteiger partial charge in [-0.3, -0.25) is 4.79 Å². The number of rotatable bonds is 3. The third kappa shape index (κ3) is 3.39. The van der Waals surface area contributed by atoms with Crippen LogP contribution in [0.3, 0.4) is 0 Å². The number of carbonyl (C=O) groups excluding carboxylic acids is 1. The molecule has 0 aromatic heterocycles. The van der Waals surface area contributed by atoms with E-state index in [1.807, 2.05) is 0 Å². The molecule has 0 saturated carbocycles. The lowest BCUT2D eigenvalue weighted by atomic mass is 10.3. The minimum atomic E-state index is -0.510. The number of nitrogens with one attached hydrogen (secondary N) is 1. The van der Waals surface area contributed by atoms with Crippen LogP contribution in [0.5, 0.6) is 0 Å². The molecular formula is C9H9ClFN3O2. The van der Waals surface area contributed by atoms with Crippen LogP contribution >= 0.6 is 11.6 Å². The van der Waals surface area contributed by atoms with Gasteiger partial charge in [0.15, 0.2) is 0 Å². The van der Waals surface area contributed by atoms with Gasteiger partial charge in [0.05, 0.1) is 17.1 Å². The van der Waals surface area contributed by atoms with E-state index in [2.05, 4.69) is 10.5 Å². The number of hydrogen-bond acceptors (Lipinski definition) is 3. The Labute approximate surface area is 95.7 Å².